The van der Waals surface area contributed by atoms with E-state index in [1.54, 1.807) is 18.4 Å². The monoisotopic (exact) mass is 433 g/mol. The molecule has 3 heterocycles. The SMILES string of the molecule is CCc1nc2c(s1)Nc1ccccc1N=C2N1CCN[C@H](Cc2ccc(OC)cc2)C1. The largest absolute Gasteiger partial charge is 0.497 e. The average molecular weight is 434 g/mol. The first-order chi connectivity index (χ1) is 15.2. The summed E-state index contributed by atoms with van der Waals surface area (Å²) in [5.74, 6) is 1.87. The molecular weight excluding hydrogens is 406 g/mol. The molecule has 0 amide bonds. The predicted octanol–water partition coefficient (Wildman–Crippen LogP) is 4.37. The number of aliphatic imine (C=N–C) groups is 1. The summed E-state index contributed by atoms with van der Waals surface area (Å²) in [6.45, 7) is 4.89. The molecule has 2 aliphatic rings. The van der Waals surface area contributed by atoms with Gasteiger partial charge in [0.25, 0.3) is 0 Å². The van der Waals surface area contributed by atoms with Gasteiger partial charge < -0.3 is 20.3 Å². The quantitative estimate of drug-likeness (QED) is 0.640. The maximum Gasteiger partial charge on any atom is 0.158 e. The summed E-state index contributed by atoms with van der Waals surface area (Å²) in [6, 6.07) is 16.9. The van der Waals surface area contributed by atoms with Gasteiger partial charge in [-0.15, -0.1) is 11.3 Å². The zero-order valence-corrected chi connectivity index (χ0v) is 18.7. The molecule has 31 heavy (non-hydrogen) atoms. The fourth-order valence-corrected chi connectivity index (χ4v) is 5.05. The Hall–Kier alpha value is -2.90. The number of aromatic nitrogens is 1. The lowest BCUT2D eigenvalue weighted by Crippen LogP contribution is -2.53. The van der Waals surface area contributed by atoms with Crippen LogP contribution in [-0.4, -0.2) is 48.5 Å². The van der Waals surface area contributed by atoms with Crippen LogP contribution in [0.5, 0.6) is 5.75 Å². The molecule has 0 aliphatic carbocycles. The van der Waals surface area contributed by atoms with Gasteiger partial charge >= 0.3 is 0 Å². The molecule has 160 valence electrons. The summed E-state index contributed by atoms with van der Waals surface area (Å²) in [6.07, 6.45) is 1.89. The predicted molar refractivity (Wildman–Crippen MR) is 127 cm³/mol. The number of aryl methyl sites for hydroxylation is 1. The van der Waals surface area contributed by atoms with Crippen LogP contribution in [0, 0.1) is 0 Å². The van der Waals surface area contributed by atoms with Crippen LogP contribution in [0.4, 0.5) is 16.4 Å². The van der Waals surface area contributed by atoms with Gasteiger partial charge in [0.05, 0.1) is 23.5 Å². The van der Waals surface area contributed by atoms with Gasteiger partial charge in [-0.2, -0.15) is 0 Å². The van der Waals surface area contributed by atoms with Crippen molar-refractivity contribution in [2.45, 2.75) is 25.8 Å². The fourth-order valence-electron chi connectivity index (χ4n) is 4.14. The lowest BCUT2D eigenvalue weighted by Gasteiger charge is -2.35. The summed E-state index contributed by atoms with van der Waals surface area (Å²) >= 11 is 1.73. The number of piperazine rings is 1. The number of methoxy groups -OCH3 is 1. The topological polar surface area (TPSA) is 61.8 Å². The molecule has 0 unspecified atom stereocenters. The number of nitrogens with one attached hydrogen (secondary N) is 2. The highest BCUT2D eigenvalue weighted by Crippen LogP contribution is 2.38. The molecule has 5 rings (SSSR count). The Labute approximate surface area is 187 Å². The second-order valence-corrected chi connectivity index (χ2v) is 8.95. The van der Waals surface area contributed by atoms with E-state index in [2.05, 4.69) is 46.7 Å². The zero-order valence-electron chi connectivity index (χ0n) is 17.9. The van der Waals surface area contributed by atoms with E-state index < -0.39 is 0 Å². The van der Waals surface area contributed by atoms with Gasteiger partial charge in [-0.05, 0) is 42.7 Å². The lowest BCUT2D eigenvalue weighted by molar-refractivity contribution is 0.290. The number of fused-ring (bicyclic) bond motifs is 2. The van der Waals surface area contributed by atoms with Crippen LogP contribution in [0.3, 0.4) is 0 Å². The van der Waals surface area contributed by atoms with Crippen LogP contribution < -0.4 is 15.4 Å². The lowest BCUT2D eigenvalue weighted by atomic mass is 10.0. The summed E-state index contributed by atoms with van der Waals surface area (Å²) in [4.78, 5) is 12.4. The van der Waals surface area contributed by atoms with Crippen LogP contribution in [0.15, 0.2) is 53.5 Å². The molecule has 1 atom stereocenters. The molecule has 7 heteroatoms. The van der Waals surface area contributed by atoms with Crippen LogP contribution in [0.2, 0.25) is 0 Å². The number of hydrogen-bond acceptors (Lipinski definition) is 7. The molecule has 0 saturated carbocycles. The Morgan fingerprint density at radius 2 is 2.00 bits per heavy atom. The molecule has 1 fully saturated rings. The van der Waals surface area contributed by atoms with E-state index >= 15 is 0 Å². The Morgan fingerprint density at radius 3 is 2.81 bits per heavy atom. The minimum Gasteiger partial charge on any atom is -0.497 e. The van der Waals surface area contributed by atoms with Crippen molar-refractivity contribution in [3.63, 3.8) is 0 Å². The second-order valence-electron chi connectivity index (χ2n) is 7.87. The van der Waals surface area contributed by atoms with E-state index in [4.69, 9.17) is 14.7 Å². The van der Waals surface area contributed by atoms with E-state index in [0.29, 0.717) is 6.04 Å². The standard InChI is InChI=1S/C24H27N5OS/c1-3-21-28-22-23(26-19-6-4-5-7-20(19)27-24(22)31-21)29-13-12-25-17(15-29)14-16-8-10-18(30-2)11-9-16/h4-11,17,25,27H,3,12-15H2,1-2H3/t17-/m1/s1. The zero-order chi connectivity index (χ0) is 21.2. The number of rotatable bonds is 4. The highest BCUT2D eigenvalue weighted by atomic mass is 32.1. The molecule has 0 radical (unpaired) electrons. The fraction of sp³-hybridized carbons (Fsp3) is 0.333. The van der Waals surface area contributed by atoms with Crippen molar-refractivity contribution in [3.8, 4) is 5.75 Å². The number of hydrogen-bond donors (Lipinski definition) is 2. The van der Waals surface area contributed by atoms with Gasteiger partial charge in [-0.25, -0.2) is 9.98 Å². The van der Waals surface area contributed by atoms with Crippen molar-refractivity contribution in [3.05, 3.63) is 64.8 Å². The first-order valence-corrected chi connectivity index (χ1v) is 11.6. The Morgan fingerprint density at radius 1 is 1.16 bits per heavy atom. The van der Waals surface area contributed by atoms with Crippen molar-refractivity contribution in [1.29, 1.82) is 0 Å². The van der Waals surface area contributed by atoms with Crippen LogP contribution in [0.25, 0.3) is 0 Å². The third kappa shape index (κ3) is 4.16. The minimum absolute atomic E-state index is 0.351. The average Bonchev–Trinajstić information content (AvgIpc) is 3.15. The number of anilines is 2. The van der Waals surface area contributed by atoms with E-state index in [0.717, 1.165) is 71.1 Å². The third-order valence-corrected chi connectivity index (χ3v) is 6.88. The van der Waals surface area contributed by atoms with E-state index in [-0.39, 0.29) is 0 Å². The van der Waals surface area contributed by atoms with Crippen molar-refractivity contribution >= 4 is 33.5 Å². The Kier molecular flexibility index (Phi) is 5.61. The van der Waals surface area contributed by atoms with Gasteiger partial charge in [-0.1, -0.05) is 31.2 Å². The number of ether oxygens (including phenoxy) is 1. The van der Waals surface area contributed by atoms with Gasteiger partial charge in [0.15, 0.2) is 5.84 Å². The molecule has 2 aliphatic heterocycles. The van der Waals surface area contributed by atoms with Gasteiger partial charge in [0.2, 0.25) is 0 Å². The number of para-hydroxylation sites is 2. The Bertz CT molecular complexity index is 1090. The maximum absolute atomic E-state index is 5.29. The summed E-state index contributed by atoms with van der Waals surface area (Å²) < 4.78 is 5.29. The van der Waals surface area contributed by atoms with E-state index in [9.17, 15) is 0 Å². The second kappa shape index (κ2) is 8.69. The molecule has 6 nitrogen and oxygen atoms in total. The smallest absolute Gasteiger partial charge is 0.158 e. The molecule has 3 aromatic rings. The summed E-state index contributed by atoms with van der Waals surface area (Å²) in [5.41, 5.74) is 4.28. The number of benzene rings is 2. The Balaban J connectivity index is 1.43. The van der Waals surface area contributed by atoms with Crippen molar-refractivity contribution in [2.24, 2.45) is 4.99 Å². The molecule has 1 aromatic heterocycles. The van der Waals surface area contributed by atoms with Gasteiger partial charge in [0, 0.05) is 25.7 Å². The molecule has 2 N–H and O–H groups in total. The highest BCUT2D eigenvalue weighted by Gasteiger charge is 2.29. The number of thiazole rings is 1. The molecule has 1 saturated heterocycles. The van der Waals surface area contributed by atoms with Gasteiger partial charge in [0.1, 0.15) is 16.4 Å². The molecule has 0 spiro atoms. The summed E-state index contributed by atoms with van der Waals surface area (Å²) in [5, 5.41) is 9.48. The normalized spacial score (nSPS) is 17.8. The van der Waals surface area contributed by atoms with Crippen molar-refractivity contribution < 1.29 is 4.74 Å². The molecule has 2 aromatic carbocycles. The van der Waals surface area contributed by atoms with Crippen LogP contribution >= 0.6 is 11.3 Å². The highest BCUT2D eigenvalue weighted by molar-refractivity contribution is 7.16. The first kappa shape index (κ1) is 20.0. The number of amidine groups is 1. The maximum atomic E-state index is 5.29. The molecule has 0 bridgehead atoms. The van der Waals surface area contributed by atoms with E-state index in [1.165, 1.54) is 5.56 Å². The van der Waals surface area contributed by atoms with Crippen molar-refractivity contribution in [2.75, 3.05) is 32.1 Å². The van der Waals surface area contributed by atoms with Crippen LogP contribution in [0.1, 0.15) is 23.2 Å². The van der Waals surface area contributed by atoms with Crippen LogP contribution in [-0.2, 0) is 12.8 Å². The summed E-state index contributed by atoms with van der Waals surface area (Å²) in [7, 11) is 1.70. The minimum atomic E-state index is 0.351. The number of nitrogens with zero attached hydrogens (tertiary/aromatic N) is 3. The van der Waals surface area contributed by atoms with Gasteiger partial charge in [-0.3, -0.25) is 0 Å². The third-order valence-electron chi connectivity index (χ3n) is 5.76. The van der Waals surface area contributed by atoms with Crippen molar-refractivity contribution in [1.82, 2.24) is 15.2 Å². The first-order valence-electron chi connectivity index (χ1n) is 10.8. The molecular formula is C24H27N5OS. The van der Waals surface area contributed by atoms with E-state index in [1.807, 2.05) is 24.3 Å².